The van der Waals surface area contributed by atoms with E-state index in [9.17, 15) is 18.0 Å². The number of carbonyl (C=O) groups is 1. The highest BCUT2D eigenvalue weighted by Crippen LogP contribution is 2.23. The summed E-state index contributed by atoms with van der Waals surface area (Å²) in [5.74, 6) is -0.154. The summed E-state index contributed by atoms with van der Waals surface area (Å²) in [5.41, 5.74) is 0.856. The van der Waals surface area contributed by atoms with Crippen LogP contribution in [0.1, 0.15) is 33.1 Å². The molecule has 0 saturated carbocycles. The highest BCUT2D eigenvalue weighted by molar-refractivity contribution is 7.91. The fourth-order valence-corrected chi connectivity index (χ4v) is 5.74. The van der Waals surface area contributed by atoms with Gasteiger partial charge >= 0.3 is 5.69 Å². The minimum Gasteiger partial charge on any atom is -0.350 e. The number of rotatable bonds is 6. The molecule has 1 aromatic carbocycles. The molecule has 1 saturated heterocycles. The normalized spacial score (nSPS) is 21.9. The van der Waals surface area contributed by atoms with Crippen molar-refractivity contribution >= 4 is 26.8 Å². The largest absolute Gasteiger partial charge is 0.350 e. The van der Waals surface area contributed by atoms with Gasteiger partial charge in [-0.05, 0) is 31.9 Å². The van der Waals surface area contributed by atoms with Crippen LogP contribution in [0.2, 0.25) is 0 Å². The third-order valence-corrected chi connectivity index (χ3v) is 6.78. The lowest BCUT2D eigenvalue weighted by molar-refractivity contribution is -0.122. The lowest BCUT2D eigenvalue weighted by Gasteiger charge is -2.23. The zero-order valence-corrected chi connectivity index (χ0v) is 16.0. The smallest absolute Gasteiger partial charge is 0.329 e. The molecule has 1 atom stereocenters. The molecule has 2 aromatic rings. The van der Waals surface area contributed by atoms with Crippen LogP contribution in [-0.2, 0) is 27.7 Å². The summed E-state index contributed by atoms with van der Waals surface area (Å²) < 4.78 is 26.7. The van der Waals surface area contributed by atoms with Gasteiger partial charge in [0.25, 0.3) is 0 Å². The van der Waals surface area contributed by atoms with E-state index in [4.69, 9.17) is 0 Å². The number of amides is 1. The van der Waals surface area contributed by atoms with E-state index in [-0.39, 0.29) is 36.1 Å². The Balaban J connectivity index is 1.75. The lowest BCUT2D eigenvalue weighted by Crippen LogP contribution is -2.47. The molecular formula is C18H25N3O4S. The van der Waals surface area contributed by atoms with Crippen LogP contribution in [0.25, 0.3) is 11.0 Å². The second-order valence-electron chi connectivity index (χ2n) is 7.28. The van der Waals surface area contributed by atoms with E-state index in [0.717, 1.165) is 17.5 Å². The number of fused-ring (bicyclic) bond motifs is 1. The van der Waals surface area contributed by atoms with Crippen LogP contribution in [0.5, 0.6) is 0 Å². The second-order valence-corrected chi connectivity index (χ2v) is 9.46. The summed E-state index contributed by atoms with van der Waals surface area (Å²) in [4.78, 5) is 25.0. The number of nitrogens with one attached hydrogen (secondary N) is 1. The zero-order chi connectivity index (χ0) is 18.9. The van der Waals surface area contributed by atoms with Crippen molar-refractivity contribution in [3.8, 4) is 0 Å². The average molecular weight is 379 g/mol. The van der Waals surface area contributed by atoms with E-state index < -0.39 is 15.4 Å². The zero-order valence-electron chi connectivity index (χ0n) is 15.2. The molecule has 0 bridgehead atoms. The third-order valence-electron chi connectivity index (χ3n) is 4.88. The maximum absolute atomic E-state index is 12.7. The van der Waals surface area contributed by atoms with Crippen LogP contribution < -0.4 is 11.0 Å². The fourth-order valence-electron chi connectivity index (χ4n) is 3.65. The van der Waals surface area contributed by atoms with Crippen LogP contribution in [0, 0.1) is 0 Å². The molecule has 1 aliphatic heterocycles. The van der Waals surface area contributed by atoms with E-state index >= 15 is 0 Å². The van der Waals surface area contributed by atoms with E-state index in [2.05, 4.69) is 5.32 Å². The number of benzene rings is 1. The Morgan fingerprint density at radius 1 is 1.19 bits per heavy atom. The van der Waals surface area contributed by atoms with Gasteiger partial charge in [0.05, 0.1) is 28.1 Å². The molecule has 3 rings (SSSR count). The van der Waals surface area contributed by atoms with Crippen molar-refractivity contribution in [3.63, 3.8) is 0 Å². The number of sulfone groups is 1. The molecule has 0 unspecified atom stereocenters. The van der Waals surface area contributed by atoms with Crippen LogP contribution in [0.3, 0.4) is 0 Å². The van der Waals surface area contributed by atoms with E-state index in [1.165, 1.54) is 0 Å². The van der Waals surface area contributed by atoms with Crippen LogP contribution >= 0.6 is 0 Å². The number of carbonyl (C=O) groups excluding carboxylic acids is 1. The molecule has 1 aliphatic rings. The highest BCUT2D eigenvalue weighted by Gasteiger charge is 2.39. The molecule has 7 nitrogen and oxygen atoms in total. The predicted octanol–water partition coefficient (Wildman–Crippen LogP) is 1.30. The first-order valence-corrected chi connectivity index (χ1v) is 10.8. The molecule has 0 aliphatic carbocycles. The number of nitrogens with zero attached hydrogens (tertiary/aromatic N) is 2. The van der Waals surface area contributed by atoms with Gasteiger partial charge in [-0.1, -0.05) is 19.1 Å². The van der Waals surface area contributed by atoms with Crippen molar-refractivity contribution in [2.75, 3.05) is 11.5 Å². The topological polar surface area (TPSA) is 90.2 Å². The number of hydrogen-bond donors (Lipinski definition) is 1. The Bertz CT molecular complexity index is 990. The molecule has 1 fully saturated rings. The first-order chi connectivity index (χ1) is 12.2. The number of aromatic nitrogens is 2. The third kappa shape index (κ3) is 3.70. The maximum Gasteiger partial charge on any atom is 0.329 e. The van der Waals surface area contributed by atoms with Gasteiger partial charge in [-0.2, -0.15) is 0 Å². The average Bonchev–Trinajstić information content (AvgIpc) is 3.00. The Kier molecular flexibility index (Phi) is 4.96. The number of aryl methyl sites for hydroxylation is 2. The van der Waals surface area contributed by atoms with Gasteiger partial charge in [-0.15, -0.1) is 0 Å². The summed E-state index contributed by atoms with van der Waals surface area (Å²) in [5, 5.41) is 2.84. The summed E-state index contributed by atoms with van der Waals surface area (Å²) in [6.07, 6.45) is 1.41. The molecular weight excluding hydrogens is 354 g/mol. The Morgan fingerprint density at radius 3 is 2.35 bits per heavy atom. The van der Waals surface area contributed by atoms with Gasteiger partial charge in [0, 0.05) is 19.5 Å². The summed E-state index contributed by atoms with van der Waals surface area (Å²) in [6, 6.07) is 7.56. The molecule has 0 radical (unpaired) electrons. The number of imidazole rings is 1. The van der Waals surface area contributed by atoms with Gasteiger partial charge in [-0.25, -0.2) is 13.2 Å². The van der Waals surface area contributed by atoms with Gasteiger partial charge in [0.1, 0.15) is 0 Å². The van der Waals surface area contributed by atoms with Gasteiger partial charge in [0.15, 0.2) is 9.84 Å². The van der Waals surface area contributed by atoms with Crippen molar-refractivity contribution in [1.29, 1.82) is 0 Å². The van der Waals surface area contributed by atoms with Crippen LogP contribution in [0.15, 0.2) is 29.1 Å². The van der Waals surface area contributed by atoms with Gasteiger partial charge in [-0.3, -0.25) is 13.9 Å². The Labute approximate surface area is 152 Å². The quantitative estimate of drug-likeness (QED) is 0.819. The fraction of sp³-hybridized carbons (Fsp3) is 0.556. The maximum atomic E-state index is 12.7. The molecule has 1 N–H and O–H groups in total. The SMILES string of the molecule is CCCn1c(=O)n(CCC(=O)N[C@@]2(C)CCS(=O)(=O)C2)c2ccccc21. The first-order valence-electron chi connectivity index (χ1n) is 8.94. The van der Waals surface area contributed by atoms with Crippen molar-refractivity contribution in [2.45, 2.75) is 51.7 Å². The van der Waals surface area contributed by atoms with Crippen molar-refractivity contribution in [3.05, 3.63) is 34.7 Å². The van der Waals surface area contributed by atoms with Crippen LogP contribution in [0.4, 0.5) is 0 Å². The molecule has 1 amide bonds. The molecule has 142 valence electrons. The van der Waals surface area contributed by atoms with Crippen LogP contribution in [-0.4, -0.2) is 40.5 Å². The van der Waals surface area contributed by atoms with E-state index in [1.807, 2.05) is 31.2 Å². The molecule has 26 heavy (non-hydrogen) atoms. The Hall–Kier alpha value is -2.09. The van der Waals surface area contributed by atoms with Crippen molar-refractivity contribution < 1.29 is 13.2 Å². The second kappa shape index (κ2) is 6.90. The van der Waals surface area contributed by atoms with E-state index in [0.29, 0.717) is 13.0 Å². The number of hydrogen-bond acceptors (Lipinski definition) is 4. The predicted molar refractivity (Wildman–Crippen MR) is 101 cm³/mol. The monoisotopic (exact) mass is 379 g/mol. The molecule has 8 heteroatoms. The van der Waals surface area contributed by atoms with Gasteiger partial charge < -0.3 is 5.32 Å². The minimum absolute atomic E-state index is 0.0263. The summed E-state index contributed by atoms with van der Waals surface area (Å²) in [6.45, 7) is 4.68. The number of para-hydroxylation sites is 2. The molecule has 0 spiro atoms. The van der Waals surface area contributed by atoms with Gasteiger partial charge in [0.2, 0.25) is 5.91 Å². The van der Waals surface area contributed by atoms with E-state index in [1.54, 1.807) is 16.1 Å². The van der Waals surface area contributed by atoms with Crippen molar-refractivity contribution in [2.24, 2.45) is 0 Å². The minimum atomic E-state index is -3.08. The lowest BCUT2D eigenvalue weighted by atomic mass is 10.0. The van der Waals surface area contributed by atoms with Crippen molar-refractivity contribution in [1.82, 2.24) is 14.5 Å². The Morgan fingerprint density at radius 2 is 1.81 bits per heavy atom. The standard InChI is InChI=1S/C18H25N3O4S/c1-3-10-20-14-6-4-5-7-15(14)21(17(20)23)11-8-16(22)19-18(2)9-12-26(24,25)13-18/h4-7H,3,8-13H2,1-2H3,(H,19,22)/t18-/m0/s1. The highest BCUT2D eigenvalue weighted by atomic mass is 32.2. The molecule has 2 heterocycles. The molecule has 1 aromatic heterocycles. The summed E-state index contributed by atoms with van der Waals surface area (Å²) >= 11 is 0. The summed E-state index contributed by atoms with van der Waals surface area (Å²) in [7, 11) is -3.08. The first kappa shape index (κ1) is 18.7.